The lowest BCUT2D eigenvalue weighted by Crippen LogP contribution is -2.45. The molecule has 0 fully saturated rings. The molecule has 14 nitrogen and oxygen atoms in total. The fourth-order valence-corrected chi connectivity index (χ4v) is 5.46. The Morgan fingerprint density at radius 2 is 1.92 bits per heavy atom. The van der Waals surface area contributed by atoms with Crippen molar-refractivity contribution in [3.05, 3.63) is 101 Å². The van der Waals surface area contributed by atoms with Crippen LogP contribution in [0.15, 0.2) is 69.4 Å². The number of amides is 2. The van der Waals surface area contributed by atoms with E-state index < -0.39 is 29.2 Å². The van der Waals surface area contributed by atoms with E-state index in [-0.39, 0.29) is 42.6 Å². The van der Waals surface area contributed by atoms with Gasteiger partial charge in [-0.3, -0.25) is 15.5 Å². The van der Waals surface area contributed by atoms with E-state index in [9.17, 15) is 24.8 Å². The maximum atomic E-state index is 12.5. The lowest BCUT2D eigenvalue weighted by Gasteiger charge is -2.28. The molecule has 1 heterocycles. The zero-order valence-electron chi connectivity index (χ0n) is 25.7. The van der Waals surface area contributed by atoms with Crippen molar-refractivity contribution in [1.82, 2.24) is 16.1 Å². The number of aliphatic hydroxyl groups excluding tert-OH is 1. The number of halogens is 3. The number of methoxy groups -OCH3 is 1. The molecule has 1 aliphatic heterocycles. The van der Waals surface area contributed by atoms with Gasteiger partial charge < -0.3 is 34.7 Å². The van der Waals surface area contributed by atoms with Gasteiger partial charge in [0.15, 0.2) is 17.7 Å². The molecular formula is C31H30BrCl2N5O9. The second-order valence-corrected chi connectivity index (χ2v) is 11.7. The normalized spacial score (nSPS) is 15.0. The van der Waals surface area contributed by atoms with Crippen molar-refractivity contribution in [2.45, 2.75) is 32.7 Å². The highest BCUT2D eigenvalue weighted by Crippen LogP contribution is 2.37. The minimum atomic E-state index is -1.29. The van der Waals surface area contributed by atoms with Gasteiger partial charge >= 0.3 is 17.7 Å². The summed E-state index contributed by atoms with van der Waals surface area (Å²) in [5.41, 5.74) is 4.31. The van der Waals surface area contributed by atoms with Gasteiger partial charge in [-0.25, -0.2) is 9.59 Å². The van der Waals surface area contributed by atoms with Gasteiger partial charge in [0.2, 0.25) is 5.75 Å². The predicted molar refractivity (Wildman–Crippen MR) is 181 cm³/mol. The first kappa shape index (κ1) is 36.3. The minimum absolute atomic E-state index is 0.00508. The molecule has 0 saturated carbocycles. The van der Waals surface area contributed by atoms with E-state index in [0.29, 0.717) is 42.7 Å². The molecule has 0 unspecified atom stereocenters. The van der Waals surface area contributed by atoms with Crippen molar-refractivity contribution in [2.24, 2.45) is 5.10 Å². The zero-order chi connectivity index (χ0) is 35.0. The Morgan fingerprint density at radius 3 is 2.60 bits per heavy atom. The first-order valence-electron chi connectivity index (χ1n) is 14.2. The van der Waals surface area contributed by atoms with Gasteiger partial charge in [-0.15, -0.1) is 0 Å². The van der Waals surface area contributed by atoms with Crippen molar-refractivity contribution in [2.75, 3.05) is 20.3 Å². The fourth-order valence-electron chi connectivity index (χ4n) is 4.56. The second-order valence-electron chi connectivity index (χ2n) is 10.1. The molecule has 0 aromatic heterocycles. The SMILES string of the molecule is CCOc1cc([C@@H]2NC(=O)NC(C)=C2C(=O)OC)ccc1OC[C@H](O)N/N=C/c1cc(Br)c(OCc2ccc(Cl)c(Cl)c2)c([N+](=O)[O-])c1. The minimum Gasteiger partial charge on any atom is -0.490 e. The van der Waals surface area contributed by atoms with Crippen LogP contribution in [0, 0.1) is 10.1 Å². The number of urea groups is 1. The van der Waals surface area contributed by atoms with Crippen LogP contribution in [0.1, 0.15) is 36.6 Å². The maximum absolute atomic E-state index is 12.5. The Labute approximate surface area is 293 Å². The number of carbonyl (C=O) groups excluding carboxylic acids is 2. The number of hydrogen-bond donors (Lipinski definition) is 4. The molecule has 2 atom stereocenters. The van der Waals surface area contributed by atoms with Crippen LogP contribution in [-0.4, -0.2) is 54.8 Å². The average Bonchev–Trinajstić information content (AvgIpc) is 3.04. The Morgan fingerprint density at radius 1 is 1.15 bits per heavy atom. The van der Waals surface area contributed by atoms with Gasteiger partial charge in [0.1, 0.15) is 13.2 Å². The third-order valence-electron chi connectivity index (χ3n) is 6.72. The number of allylic oxidation sites excluding steroid dienone is 1. The first-order chi connectivity index (χ1) is 22.9. The van der Waals surface area contributed by atoms with Crippen LogP contribution >= 0.6 is 39.1 Å². The van der Waals surface area contributed by atoms with Crippen LogP contribution in [0.4, 0.5) is 10.5 Å². The lowest BCUT2D eigenvalue weighted by molar-refractivity contribution is -0.386. The summed E-state index contributed by atoms with van der Waals surface area (Å²) in [4.78, 5) is 35.8. The summed E-state index contributed by atoms with van der Waals surface area (Å²) in [6.45, 7) is 3.39. The molecule has 0 aliphatic carbocycles. The molecule has 254 valence electrons. The maximum Gasteiger partial charge on any atom is 0.337 e. The largest absolute Gasteiger partial charge is 0.490 e. The number of hydrogen-bond acceptors (Lipinski definition) is 11. The van der Waals surface area contributed by atoms with Gasteiger partial charge in [-0.2, -0.15) is 5.10 Å². The monoisotopic (exact) mass is 765 g/mol. The third kappa shape index (κ3) is 9.07. The molecule has 0 spiro atoms. The summed E-state index contributed by atoms with van der Waals surface area (Å²) < 4.78 is 22.4. The number of nitrogens with zero attached hydrogens (tertiary/aromatic N) is 2. The summed E-state index contributed by atoms with van der Waals surface area (Å²) in [6.07, 6.45) is -0.00543. The van der Waals surface area contributed by atoms with Crippen LogP contribution < -0.4 is 30.3 Å². The molecule has 0 bridgehead atoms. The van der Waals surface area contributed by atoms with Crippen molar-refractivity contribution < 1.29 is 38.6 Å². The molecule has 17 heteroatoms. The van der Waals surface area contributed by atoms with Crippen LogP contribution in [-0.2, 0) is 16.1 Å². The molecule has 3 aromatic carbocycles. The number of nitro benzene ring substituents is 1. The highest BCUT2D eigenvalue weighted by atomic mass is 79.9. The van der Waals surface area contributed by atoms with Crippen LogP contribution in [0.2, 0.25) is 10.0 Å². The molecule has 4 N–H and O–H groups in total. The number of benzene rings is 3. The van der Waals surface area contributed by atoms with Crippen LogP contribution in [0.3, 0.4) is 0 Å². The molecule has 2 amide bonds. The molecular weight excluding hydrogens is 737 g/mol. The van der Waals surface area contributed by atoms with Gasteiger partial charge in [0, 0.05) is 17.3 Å². The van der Waals surface area contributed by atoms with Gasteiger partial charge in [0.25, 0.3) is 0 Å². The van der Waals surface area contributed by atoms with Crippen molar-refractivity contribution in [3.8, 4) is 17.2 Å². The Hall–Kier alpha value is -4.57. The standard InChI is InChI=1S/C31H30BrCl2N5O9/c1-4-46-25-12-19(28-27(30(41)45-3)16(2)36-31(42)37-28)6-8-24(25)47-15-26(40)38-35-13-18-9-20(32)29(23(11-18)39(43)44)48-14-17-5-7-21(33)22(34)10-17/h5-13,26,28,38,40H,4,14-15H2,1-3H3,(H2,36,37,42)/b35-13+/t26-,28-/m0/s1. The zero-order valence-corrected chi connectivity index (χ0v) is 28.8. The van der Waals surface area contributed by atoms with E-state index in [1.807, 2.05) is 0 Å². The Bertz CT molecular complexity index is 1770. The fraction of sp³-hybridized carbons (Fsp3) is 0.258. The molecule has 0 radical (unpaired) electrons. The number of ether oxygens (including phenoxy) is 4. The lowest BCUT2D eigenvalue weighted by atomic mass is 9.95. The molecule has 4 rings (SSSR count). The van der Waals surface area contributed by atoms with E-state index in [0.717, 1.165) is 0 Å². The number of nitro groups is 1. The molecule has 1 aliphatic rings. The third-order valence-corrected chi connectivity index (χ3v) is 8.05. The smallest absolute Gasteiger partial charge is 0.337 e. The van der Waals surface area contributed by atoms with Crippen LogP contribution in [0.25, 0.3) is 0 Å². The average molecular weight is 767 g/mol. The van der Waals surface area contributed by atoms with Gasteiger partial charge in [-0.1, -0.05) is 35.3 Å². The van der Waals surface area contributed by atoms with E-state index >= 15 is 0 Å². The predicted octanol–water partition coefficient (Wildman–Crippen LogP) is 5.76. The van der Waals surface area contributed by atoms with E-state index in [2.05, 4.69) is 37.1 Å². The molecule has 48 heavy (non-hydrogen) atoms. The van der Waals surface area contributed by atoms with Crippen molar-refractivity contribution in [1.29, 1.82) is 0 Å². The summed E-state index contributed by atoms with van der Waals surface area (Å²) in [7, 11) is 1.25. The van der Waals surface area contributed by atoms with Gasteiger partial charge in [0.05, 0.1) is 51.0 Å². The van der Waals surface area contributed by atoms with Crippen LogP contribution in [0.5, 0.6) is 17.2 Å². The number of hydrazone groups is 1. The Kier molecular flexibility index (Phi) is 12.5. The number of carbonyl (C=O) groups is 2. The van der Waals surface area contributed by atoms with E-state index in [1.54, 1.807) is 56.3 Å². The first-order valence-corrected chi connectivity index (χ1v) is 15.7. The molecule has 0 saturated heterocycles. The number of rotatable bonds is 14. The van der Waals surface area contributed by atoms with E-state index in [1.165, 1.54) is 19.4 Å². The number of nitrogens with one attached hydrogen (secondary N) is 3. The highest BCUT2D eigenvalue weighted by molar-refractivity contribution is 9.10. The van der Waals surface area contributed by atoms with Gasteiger partial charge in [-0.05, 0) is 71.2 Å². The summed E-state index contributed by atoms with van der Waals surface area (Å²) in [5, 5.41) is 32.2. The van der Waals surface area contributed by atoms with E-state index in [4.69, 9.17) is 42.1 Å². The second kappa shape index (κ2) is 16.5. The summed E-state index contributed by atoms with van der Waals surface area (Å²) >= 11 is 15.3. The number of aliphatic hydroxyl groups is 1. The Balaban J connectivity index is 1.41. The quantitative estimate of drug-likeness (QED) is 0.0517. The number of esters is 1. The summed E-state index contributed by atoms with van der Waals surface area (Å²) in [5.74, 6) is -0.0128. The highest BCUT2D eigenvalue weighted by Gasteiger charge is 2.32. The van der Waals surface area contributed by atoms with Crippen molar-refractivity contribution in [3.63, 3.8) is 0 Å². The van der Waals surface area contributed by atoms with Crippen molar-refractivity contribution >= 4 is 63.0 Å². The topological polar surface area (TPSA) is 183 Å². The molecule has 3 aromatic rings. The summed E-state index contributed by atoms with van der Waals surface area (Å²) in [6, 6.07) is 11.3.